The van der Waals surface area contributed by atoms with Gasteiger partial charge in [-0.1, -0.05) is 19.3 Å². The number of hydrogen-bond donors (Lipinski definition) is 2. The van der Waals surface area contributed by atoms with Crippen LogP contribution in [-0.4, -0.2) is 27.2 Å². The van der Waals surface area contributed by atoms with Crippen LogP contribution in [0.1, 0.15) is 37.7 Å². The quantitative estimate of drug-likeness (QED) is 0.497. The number of hydrogen-bond acceptors (Lipinski definition) is 5. The molecule has 0 amide bonds. The third-order valence-electron chi connectivity index (χ3n) is 3.58. The first-order chi connectivity index (χ1) is 9.08. The average Bonchev–Trinajstić information content (AvgIpc) is 2.57. The van der Waals surface area contributed by atoms with Crippen molar-refractivity contribution >= 4 is 11.5 Å². The van der Waals surface area contributed by atoms with Crippen molar-refractivity contribution in [2.24, 2.45) is 0 Å². The van der Waals surface area contributed by atoms with Gasteiger partial charge in [0.1, 0.15) is 5.82 Å². The maximum atomic E-state index is 10.9. The first-order valence-corrected chi connectivity index (χ1v) is 6.63. The summed E-state index contributed by atoms with van der Waals surface area (Å²) < 4.78 is 0. The molecule has 0 bridgehead atoms. The zero-order valence-corrected chi connectivity index (χ0v) is 11.0. The number of pyridine rings is 1. The molecule has 1 heterocycles. The van der Waals surface area contributed by atoms with Crippen LogP contribution >= 0.6 is 0 Å². The Morgan fingerprint density at radius 1 is 1.42 bits per heavy atom. The highest BCUT2D eigenvalue weighted by atomic mass is 16.6. The van der Waals surface area contributed by atoms with Crippen LogP contribution in [-0.2, 0) is 0 Å². The van der Waals surface area contributed by atoms with Gasteiger partial charge in [0.2, 0.25) is 0 Å². The molecule has 6 heteroatoms. The Kier molecular flexibility index (Phi) is 4.31. The minimum Gasteiger partial charge on any atom is -0.391 e. The molecule has 2 unspecified atom stereocenters. The molecule has 2 rings (SSSR count). The van der Waals surface area contributed by atoms with Crippen LogP contribution in [0.15, 0.2) is 12.3 Å². The number of nitrogens with one attached hydrogen (secondary N) is 1. The number of aliphatic hydroxyl groups excluding tert-OH is 1. The number of aliphatic hydroxyl groups is 1. The van der Waals surface area contributed by atoms with E-state index in [4.69, 9.17) is 0 Å². The number of nitro groups is 1. The molecule has 1 aliphatic carbocycles. The van der Waals surface area contributed by atoms with Gasteiger partial charge in [0, 0.05) is 11.8 Å². The van der Waals surface area contributed by atoms with Gasteiger partial charge in [0.05, 0.1) is 23.1 Å². The molecule has 2 atom stereocenters. The topological polar surface area (TPSA) is 88.3 Å². The molecule has 1 fully saturated rings. The molecule has 2 N–H and O–H groups in total. The third-order valence-corrected chi connectivity index (χ3v) is 3.58. The Morgan fingerprint density at radius 2 is 2.16 bits per heavy atom. The highest BCUT2D eigenvalue weighted by molar-refractivity contribution is 5.49. The molecule has 0 saturated heterocycles. The number of anilines is 1. The average molecular weight is 265 g/mol. The van der Waals surface area contributed by atoms with E-state index in [0.29, 0.717) is 11.4 Å². The molecular weight excluding hydrogens is 246 g/mol. The van der Waals surface area contributed by atoms with Crippen molar-refractivity contribution in [1.82, 2.24) is 4.98 Å². The number of rotatable bonds is 3. The summed E-state index contributed by atoms with van der Waals surface area (Å²) in [5.74, 6) is 0.461. The number of nitrogens with zero attached hydrogens (tertiary/aromatic N) is 2. The minimum absolute atomic E-state index is 0.0561. The summed E-state index contributed by atoms with van der Waals surface area (Å²) in [6, 6.07) is 1.37. The van der Waals surface area contributed by atoms with E-state index in [0.717, 1.165) is 32.1 Å². The Balaban J connectivity index is 2.13. The summed E-state index contributed by atoms with van der Waals surface area (Å²) in [7, 11) is 0. The second-order valence-electron chi connectivity index (χ2n) is 5.07. The first-order valence-electron chi connectivity index (χ1n) is 6.63. The van der Waals surface area contributed by atoms with Gasteiger partial charge in [-0.3, -0.25) is 10.1 Å². The number of aromatic nitrogens is 1. The Morgan fingerprint density at radius 3 is 2.89 bits per heavy atom. The van der Waals surface area contributed by atoms with Crippen molar-refractivity contribution in [2.75, 3.05) is 5.32 Å². The maximum absolute atomic E-state index is 10.9. The normalized spacial score (nSPS) is 23.7. The highest BCUT2D eigenvalue weighted by Gasteiger charge is 2.22. The molecule has 1 saturated carbocycles. The van der Waals surface area contributed by atoms with Gasteiger partial charge < -0.3 is 10.4 Å². The molecule has 1 aliphatic rings. The lowest BCUT2D eigenvalue weighted by molar-refractivity contribution is -0.385. The fraction of sp³-hybridized carbons (Fsp3) is 0.615. The van der Waals surface area contributed by atoms with E-state index in [1.807, 2.05) is 0 Å². The third kappa shape index (κ3) is 3.41. The van der Waals surface area contributed by atoms with E-state index in [-0.39, 0.29) is 11.7 Å². The Labute approximate surface area is 112 Å². The summed E-state index contributed by atoms with van der Waals surface area (Å²) in [6.07, 6.45) is 5.92. The summed E-state index contributed by atoms with van der Waals surface area (Å²) in [5.41, 5.74) is 0.595. The van der Waals surface area contributed by atoms with Crippen molar-refractivity contribution < 1.29 is 10.0 Å². The summed E-state index contributed by atoms with van der Waals surface area (Å²) >= 11 is 0. The van der Waals surface area contributed by atoms with Crippen LogP contribution in [0.4, 0.5) is 11.5 Å². The van der Waals surface area contributed by atoms with E-state index in [2.05, 4.69) is 10.3 Å². The second-order valence-corrected chi connectivity index (χ2v) is 5.07. The van der Waals surface area contributed by atoms with Gasteiger partial charge in [-0.2, -0.15) is 0 Å². The van der Waals surface area contributed by atoms with Crippen molar-refractivity contribution in [3.05, 3.63) is 27.9 Å². The van der Waals surface area contributed by atoms with Crippen molar-refractivity contribution in [3.63, 3.8) is 0 Å². The first kappa shape index (κ1) is 13.7. The lowest BCUT2D eigenvalue weighted by Gasteiger charge is -2.22. The monoisotopic (exact) mass is 265 g/mol. The summed E-state index contributed by atoms with van der Waals surface area (Å²) in [5, 5.41) is 24.0. The standard InChI is InChI=1S/C13H19N3O3/c1-9-8-14-13(7-11(9)16(18)19)15-10-5-3-2-4-6-12(10)17/h7-8,10,12,17H,2-6H2,1H3,(H,14,15). The molecule has 0 spiro atoms. The van der Waals surface area contributed by atoms with E-state index in [1.54, 1.807) is 6.92 Å². The van der Waals surface area contributed by atoms with Crippen molar-refractivity contribution in [2.45, 2.75) is 51.2 Å². The fourth-order valence-electron chi connectivity index (χ4n) is 2.44. The van der Waals surface area contributed by atoms with E-state index in [9.17, 15) is 15.2 Å². The van der Waals surface area contributed by atoms with Crippen LogP contribution < -0.4 is 5.32 Å². The number of aryl methyl sites for hydroxylation is 1. The predicted octanol–water partition coefficient (Wildman–Crippen LogP) is 2.40. The van der Waals surface area contributed by atoms with Gasteiger partial charge in [-0.05, 0) is 19.8 Å². The van der Waals surface area contributed by atoms with E-state index in [1.165, 1.54) is 12.3 Å². The smallest absolute Gasteiger partial charge is 0.277 e. The van der Waals surface area contributed by atoms with E-state index >= 15 is 0 Å². The molecule has 0 radical (unpaired) electrons. The SMILES string of the molecule is Cc1cnc(NC2CCCCCC2O)cc1[N+](=O)[O-]. The lowest BCUT2D eigenvalue weighted by atomic mass is 10.1. The highest BCUT2D eigenvalue weighted by Crippen LogP contribution is 2.24. The molecule has 0 aliphatic heterocycles. The van der Waals surface area contributed by atoms with Gasteiger partial charge in [0.15, 0.2) is 0 Å². The van der Waals surface area contributed by atoms with Gasteiger partial charge in [-0.15, -0.1) is 0 Å². The van der Waals surface area contributed by atoms with Gasteiger partial charge in [0.25, 0.3) is 5.69 Å². The molecule has 19 heavy (non-hydrogen) atoms. The van der Waals surface area contributed by atoms with E-state index < -0.39 is 11.0 Å². The second kappa shape index (κ2) is 5.97. The zero-order chi connectivity index (χ0) is 13.8. The van der Waals surface area contributed by atoms with Gasteiger partial charge >= 0.3 is 0 Å². The largest absolute Gasteiger partial charge is 0.391 e. The zero-order valence-electron chi connectivity index (χ0n) is 11.0. The molecular formula is C13H19N3O3. The molecule has 104 valence electrons. The predicted molar refractivity (Wildman–Crippen MR) is 72.1 cm³/mol. The fourth-order valence-corrected chi connectivity index (χ4v) is 2.44. The molecule has 1 aromatic heterocycles. The van der Waals surface area contributed by atoms with Crippen LogP contribution in [0, 0.1) is 17.0 Å². The molecule has 1 aromatic rings. The van der Waals surface area contributed by atoms with Gasteiger partial charge in [-0.25, -0.2) is 4.98 Å². The summed E-state index contributed by atoms with van der Waals surface area (Å²) in [6.45, 7) is 1.66. The summed E-state index contributed by atoms with van der Waals surface area (Å²) in [4.78, 5) is 14.6. The van der Waals surface area contributed by atoms with Crippen LogP contribution in [0.25, 0.3) is 0 Å². The van der Waals surface area contributed by atoms with Crippen molar-refractivity contribution in [1.29, 1.82) is 0 Å². The van der Waals surface area contributed by atoms with Crippen LogP contribution in [0.5, 0.6) is 0 Å². The minimum atomic E-state index is -0.412. The van der Waals surface area contributed by atoms with Crippen molar-refractivity contribution in [3.8, 4) is 0 Å². The molecule has 0 aromatic carbocycles. The molecule has 6 nitrogen and oxygen atoms in total. The Bertz CT molecular complexity index is 464. The Hall–Kier alpha value is -1.69. The maximum Gasteiger partial charge on any atom is 0.277 e. The van der Waals surface area contributed by atoms with Crippen LogP contribution in [0.3, 0.4) is 0 Å². The van der Waals surface area contributed by atoms with Crippen LogP contribution in [0.2, 0.25) is 0 Å². The lowest BCUT2D eigenvalue weighted by Crippen LogP contribution is -2.32.